The predicted octanol–water partition coefficient (Wildman–Crippen LogP) is 5.03. The molecule has 2 fully saturated rings. The van der Waals surface area contributed by atoms with Crippen molar-refractivity contribution < 1.29 is 14.3 Å². The Morgan fingerprint density at radius 3 is 2.61 bits per heavy atom. The van der Waals surface area contributed by atoms with Crippen molar-refractivity contribution in [2.24, 2.45) is 11.8 Å². The van der Waals surface area contributed by atoms with Crippen molar-refractivity contribution in [2.45, 2.75) is 57.3 Å². The van der Waals surface area contributed by atoms with Crippen LogP contribution in [0.5, 0.6) is 5.75 Å². The summed E-state index contributed by atoms with van der Waals surface area (Å²) in [5, 5.41) is 10.7. The van der Waals surface area contributed by atoms with Crippen LogP contribution < -0.4 is 5.63 Å². The van der Waals surface area contributed by atoms with Crippen molar-refractivity contribution in [3.8, 4) is 5.75 Å². The molecule has 4 nitrogen and oxygen atoms in total. The minimum atomic E-state index is -0.378. The van der Waals surface area contributed by atoms with Crippen LogP contribution in [-0.2, 0) is 11.2 Å². The minimum Gasteiger partial charge on any atom is -0.507 e. The van der Waals surface area contributed by atoms with Crippen LogP contribution in [0.25, 0.3) is 0 Å². The molecule has 2 heterocycles. The standard InChI is InChI=1S/C24H30O4/c25-21-15-20(11-5-4-7-17-8-6-14-27-16-17)28-24(26)23(21)22(19-12-13-19)18-9-2-1-3-10-18/h1-3,9-10,15,17,19,22,25H,4-8,11-14,16H2. The quantitative estimate of drug-likeness (QED) is 0.651. The molecule has 1 N–H and O–H groups in total. The molecule has 1 saturated carbocycles. The maximum atomic E-state index is 12.7. The lowest BCUT2D eigenvalue weighted by molar-refractivity contribution is 0.0507. The van der Waals surface area contributed by atoms with Gasteiger partial charge < -0.3 is 14.3 Å². The highest BCUT2D eigenvalue weighted by molar-refractivity contribution is 5.41. The highest BCUT2D eigenvalue weighted by Gasteiger charge is 2.37. The van der Waals surface area contributed by atoms with Gasteiger partial charge in [0.1, 0.15) is 11.5 Å². The number of rotatable bonds is 8. The lowest BCUT2D eigenvalue weighted by Crippen LogP contribution is -2.17. The predicted molar refractivity (Wildman–Crippen MR) is 109 cm³/mol. The number of unbranched alkanes of at least 4 members (excludes halogenated alkanes) is 1. The minimum absolute atomic E-state index is 0.0715. The molecule has 1 aromatic heterocycles. The van der Waals surface area contributed by atoms with Crippen LogP contribution in [0, 0.1) is 11.8 Å². The van der Waals surface area contributed by atoms with Crippen LogP contribution >= 0.6 is 0 Å². The Labute approximate surface area is 166 Å². The molecule has 1 aliphatic heterocycles. The molecule has 2 aliphatic rings. The molecule has 2 aromatic rings. The topological polar surface area (TPSA) is 59.7 Å². The zero-order valence-electron chi connectivity index (χ0n) is 16.4. The third-order valence-electron chi connectivity index (χ3n) is 6.12. The number of ether oxygens (including phenoxy) is 1. The van der Waals surface area contributed by atoms with Crippen LogP contribution in [0.15, 0.2) is 45.6 Å². The zero-order chi connectivity index (χ0) is 19.3. The van der Waals surface area contributed by atoms with Crippen molar-refractivity contribution in [3.05, 3.63) is 63.7 Å². The van der Waals surface area contributed by atoms with Gasteiger partial charge in [-0.25, -0.2) is 4.79 Å². The van der Waals surface area contributed by atoms with Crippen LogP contribution in [0.1, 0.15) is 67.8 Å². The fourth-order valence-corrected chi connectivity index (χ4v) is 4.48. The van der Waals surface area contributed by atoms with Crippen LogP contribution in [0.4, 0.5) is 0 Å². The monoisotopic (exact) mass is 382 g/mol. The van der Waals surface area contributed by atoms with Gasteiger partial charge in [-0.3, -0.25) is 0 Å². The average molecular weight is 383 g/mol. The van der Waals surface area contributed by atoms with E-state index in [4.69, 9.17) is 9.15 Å². The maximum absolute atomic E-state index is 12.7. The Bertz CT molecular complexity index is 816. The van der Waals surface area contributed by atoms with E-state index >= 15 is 0 Å². The van der Waals surface area contributed by atoms with E-state index < -0.39 is 0 Å². The summed E-state index contributed by atoms with van der Waals surface area (Å²) >= 11 is 0. The zero-order valence-corrected chi connectivity index (χ0v) is 16.4. The maximum Gasteiger partial charge on any atom is 0.343 e. The molecule has 2 unspecified atom stereocenters. The molecule has 28 heavy (non-hydrogen) atoms. The first kappa shape index (κ1) is 19.3. The smallest absolute Gasteiger partial charge is 0.343 e. The van der Waals surface area contributed by atoms with E-state index in [1.807, 2.05) is 30.3 Å². The molecule has 1 aliphatic carbocycles. The van der Waals surface area contributed by atoms with Crippen molar-refractivity contribution in [1.82, 2.24) is 0 Å². The van der Waals surface area contributed by atoms with Gasteiger partial charge in [-0.05, 0) is 55.9 Å². The summed E-state index contributed by atoms with van der Waals surface area (Å²) in [5.74, 6) is 1.70. The summed E-state index contributed by atoms with van der Waals surface area (Å²) in [5.41, 5.74) is 1.13. The second kappa shape index (κ2) is 8.95. The van der Waals surface area contributed by atoms with E-state index in [1.165, 1.54) is 12.8 Å². The van der Waals surface area contributed by atoms with Gasteiger partial charge in [-0.15, -0.1) is 0 Å². The lowest BCUT2D eigenvalue weighted by atomic mass is 9.87. The molecular weight excluding hydrogens is 352 g/mol. The van der Waals surface area contributed by atoms with E-state index in [-0.39, 0.29) is 17.3 Å². The molecule has 4 heteroatoms. The van der Waals surface area contributed by atoms with E-state index in [9.17, 15) is 9.90 Å². The number of hydrogen-bond acceptors (Lipinski definition) is 4. The van der Waals surface area contributed by atoms with E-state index in [0.29, 0.717) is 29.6 Å². The Morgan fingerprint density at radius 1 is 1.11 bits per heavy atom. The van der Waals surface area contributed by atoms with Crippen LogP contribution in [-0.4, -0.2) is 18.3 Å². The van der Waals surface area contributed by atoms with Crippen LogP contribution in [0.2, 0.25) is 0 Å². The van der Waals surface area contributed by atoms with E-state index in [0.717, 1.165) is 50.9 Å². The van der Waals surface area contributed by atoms with Gasteiger partial charge in [0, 0.05) is 31.6 Å². The van der Waals surface area contributed by atoms with Gasteiger partial charge in [0.05, 0.1) is 5.56 Å². The van der Waals surface area contributed by atoms with E-state index in [1.54, 1.807) is 6.07 Å². The Kier molecular flexibility index (Phi) is 6.16. The molecule has 2 atom stereocenters. The van der Waals surface area contributed by atoms with Crippen molar-refractivity contribution >= 4 is 0 Å². The molecule has 0 bridgehead atoms. The largest absolute Gasteiger partial charge is 0.507 e. The first-order valence-corrected chi connectivity index (χ1v) is 10.7. The third kappa shape index (κ3) is 4.67. The second-order valence-corrected chi connectivity index (χ2v) is 8.35. The fraction of sp³-hybridized carbons (Fsp3) is 0.542. The summed E-state index contributed by atoms with van der Waals surface area (Å²) < 4.78 is 11.2. The van der Waals surface area contributed by atoms with Gasteiger partial charge in [0.15, 0.2) is 0 Å². The van der Waals surface area contributed by atoms with E-state index in [2.05, 4.69) is 0 Å². The molecule has 0 radical (unpaired) electrons. The molecule has 0 spiro atoms. The normalized spacial score (nSPS) is 20.8. The molecule has 1 saturated heterocycles. The molecule has 1 aromatic carbocycles. The Morgan fingerprint density at radius 2 is 1.93 bits per heavy atom. The first-order chi connectivity index (χ1) is 13.7. The molecule has 0 amide bonds. The number of hydrogen-bond donors (Lipinski definition) is 1. The molecular formula is C24H30O4. The second-order valence-electron chi connectivity index (χ2n) is 8.35. The number of aromatic hydroxyl groups is 1. The number of aryl methyl sites for hydroxylation is 1. The van der Waals surface area contributed by atoms with Crippen molar-refractivity contribution in [2.75, 3.05) is 13.2 Å². The van der Waals surface area contributed by atoms with Crippen molar-refractivity contribution in [3.63, 3.8) is 0 Å². The average Bonchev–Trinajstić information content (AvgIpc) is 3.54. The van der Waals surface area contributed by atoms with Gasteiger partial charge >= 0.3 is 5.63 Å². The molecule has 4 rings (SSSR count). The highest BCUT2D eigenvalue weighted by Crippen LogP contribution is 2.47. The van der Waals surface area contributed by atoms with Gasteiger partial charge in [-0.1, -0.05) is 36.8 Å². The summed E-state index contributed by atoms with van der Waals surface area (Å²) in [6.45, 7) is 1.78. The van der Waals surface area contributed by atoms with Gasteiger partial charge in [0.2, 0.25) is 0 Å². The SMILES string of the molecule is O=c1oc(CCCCC2CCCOC2)cc(O)c1C(c1ccccc1)C1CC1. The molecule has 150 valence electrons. The summed E-state index contributed by atoms with van der Waals surface area (Å²) in [4.78, 5) is 12.7. The lowest BCUT2D eigenvalue weighted by Gasteiger charge is -2.21. The van der Waals surface area contributed by atoms with Gasteiger partial charge in [-0.2, -0.15) is 0 Å². The summed E-state index contributed by atoms with van der Waals surface area (Å²) in [7, 11) is 0. The third-order valence-corrected chi connectivity index (χ3v) is 6.12. The number of benzene rings is 1. The fourth-order valence-electron chi connectivity index (χ4n) is 4.48. The summed E-state index contributed by atoms with van der Waals surface area (Å²) in [6, 6.07) is 11.7. The first-order valence-electron chi connectivity index (χ1n) is 10.7. The summed E-state index contributed by atoms with van der Waals surface area (Å²) in [6.07, 6.45) is 8.50. The van der Waals surface area contributed by atoms with Crippen molar-refractivity contribution in [1.29, 1.82) is 0 Å². The highest BCUT2D eigenvalue weighted by atomic mass is 16.5. The Hall–Kier alpha value is -2.07. The van der Waals surface area contributed by atoms with Gasteiger partial charge in [0.25, 0.3) is 0 Å². The van der Waals surface area contributed by atoms with Crippen LogP contribution in [0.3, 0.4) is 0 Å². The Balaban J connectivity index is 1.42.